The molecule has 2 heteroatoms. The largest absolute Gasteiger partial charge is 0.507 e. The van der Waals surface area contributed by atoms with Crippen LogP contribution in [0, 0.1) is 0 Å². The number of rotatable bonds is 1. The van der Waals surface area contributed by atoms with Crippen molar-refractivity contribution in [2.75, 3.05) is 0 Å². The number of aromatic hydroxyl groups is 1. The van der Waals surface area contributed by atoms with E-state index in [1.165, 1.54) is 0 Å². The highest BCUT2D eigenvalue weighted by Gasteiger charge is 2.26. The predicted octanol–water partition coefficient (Wildman–Crippen LogP) is 4.01. The van der Waals surface area contributed by atoms with Gasteiger partial charge in [-0.3, -0.25) is 0 Å². The van der Waals surface area contributed by atoms with Crippen LogP contribution in [0.15, 0.2) is 12.1 Å². The monoisotopic (exact) mass is 249 g/mol. The predicted molar refractivity (Wildman–Crippen MR) is 78.1 cm³/mol. The van der Waals surface area contributed by atoms with Crippen molar-refractivity contribution in [3.63, 3.8) is 0 Å². The Labute approximate surface area is 111 Å². The maximum Gasteiger partial charge on any atom is 0.123 e. The molecule has 0 fully saturated rings. The molecule has 0 bridgehead atoms. The highest BCUT2D eigenvalue weighted by atomic mass is 16.3. The van der Waals surface area contributed by atoms with Crippen LogP contribution in [0.1, 0.15) is 71.2 Å². The normalized spacial score (nSPS) is 14.7. The molecule has 0 radical (unpaired) electrons. The molecule has 3 N–H and O–H groups in total. The molecular formula is C16H27NO. The molecule has 1 atom stereocenters. The van der Waals surface area contributed by atoms with E-state index in [9.17, 15) is 5.11 Å². The maximum atomic E-state index is 10.5. The lowest BCUT2D eigenvalue weighted by Crippen LogP contribution is -2.19. The van der Waals surface area contributed by atoms with Crippen LogP contribution in [0.3, 0.4) is 0 Å². The maximum absolute atomic E-state index is 10.5. The van der Waals surface area contributed by atoms with Crippen molar-refractivity contribution >= 4 is 0 Å². The fraction of sp³-hybridized carbons (Fsp3) is 0.625. The van der Waals surface area contributed by atoms with Crippen molar-refractivity contribution in [2.45, 2.75) is 65.3 Å². The van der Waals surface area contributed by atoms with Gasteiger partial charge in [0.15, 0.2) is 0 Å². The Morgan fingerprint density at radius 3 is 1.50 bits per heavy atom. The zero-order valence-corrected chi connectivity index (χ0v) is 12.8. The van der Waals surface area contributed by atoms with Gasteiger partial charge in [-0.15, -0.1) is 0 Å². The SMILES string of the molecule is CC(N)c1cc(C(C)(C)C)c(O)c(C(C)(C)C)c1. The minimum absolute atomic E-state index is 0.0206. The third kappa shape index (κ3) is 3.05. The molecule has 1 aromatic carbocycles. The van der Waals surface area contributed by atoms with E-state index in [0.29, 0.717) is 5.75 Å². The van der Waals surface area contributed by atoms with Gasteiger partial charge in [0.05, 0.1) is 0 Å². The lowest BCUT2D eigenvalue weighted by atomic mass is 9.78. The average Bonchev–Trinajstić information content (AvgIpc) is 2.13. The molecule has 0 aliphatic carbocycles. The molecule has 1 unspecified atom stereocenters. The number of benzene rings is 1. The van der Waals surface area contributed by atoms with Gasteiger partial charge in [0.1, 0.15) is 5.75 Å². The summed E-state index contributed by atoms with van der Waals surface area (Å²) < 4.78 is 0. The minimum atomic E-state index is -0.0883. The second kappa shape index (κ2) is 4.58. The van der Waals surface area contributed by atoms with E-state index in [2.05, 4.69) is 41.5 Å². The summed E-state index contributed by atoms with van der Waals surface area (Å²) >= 11 is 0. The van der Waals surface area contributed by atoms with Crippen LogP contribution in [0.2, 0.25) is 0 Å². The molecule has 0 saturated heterocycles. The van der Waals surface area contributed by atoms with E-state index in [1.54, 1.807) is 0 Å². The molecule has 102 valence electrons. The smallest absolute Gasteiger partial charge is 0.123 e. The standard InChI is InChI=1S/C16H27NO/c1-10(17)11-8-12(15(2,3)4)14(18)13(9-11)16(5,6)7/h8-10,18H,17H2,1-7H3. The summed E-state index contributed by atoms with van der Waals surface area (Å²) in [7, 11) is 0. The summed E-state index contributed by atoms with van der Waals surface area (Å²) in [4.78, 5) is 0. The first-order chi connectivity index (χ1) is 7.94. The van der Waals surface area contributed by atoms with Crippen molar-refractivity contribution in [3.05, 3.63) is 28.8 Å². The topological polar surface area (TPSA) is 46.2 Å². The van der Waals surface area contributed by atoms with E-state index in [-0.39, 0.29) is 16.9 Å². The quantitative estimate of drug-likeness (QED) is 0.790. The van der Waals surface area contributed by atoms with Gasteiger partial charge in [0.25, 0.3) is 0 Å². The van der Waals surface area contributed by atoms with Gasteiger partial charge in [-0.05, 0) is 34.4 Å². The first kappa shape index (κ1) is 15.0. The molecule has 1 aromatic rings. The third-order valence-electron chi connectivity index (χ3n) is 3.27. The summed E-state index contributed by atoms with van der Waals surface area (Å²) in [5.74, 6) is 0.416. The van der Waals surface area contributed by atoms with Crippen LogP contribution in [0.5, 0.6) is 5.75 Å². The molecule has 18 heavy (non-hydrogen) atoms. The number of phenols is 1. The Morgan fingerprint density at radius 2 is 1.28 bits per heavy atom. The van der Waals surface area contributed by atoms with Crippen molar-refractivity contribution in [1.29, 1.82) is 0 Å². The third-order valence-corrected chi connectivity index (χ3v) is 3.27. The Morgan fingerprint density at radius 1 is 0.944 bits per heavy atom. The van der Waals surface area contributed by atoms with Crippen LogP contribution in [0.25, 0.3) is 0 Å². The molecule has 0 aliphatic heterocycles. The Hall–Kier alpha value is -1.02. The van der Waals surface area contributed by atoms with Crippen LogP contribution >= 0.6 is 0 Å². The molecule has 2 nitrogen and oxygen atoms in total. The van der Waals surface area contributed by atoms with Gasteiger partial charge in [0.2, 0.25) is 0 Å². The molecule has 0 aromatic heterocycles. The van der Waals surface area contributed by atoms with Gasteiger partial charge in [0, 0.05) is 6.04 Å². The number of phenolic OH excluding ortho intramolecular Hbond substituents is 1. The Balaban J connectivity index is 3.59. The highest BCUT2D eigenvalue weighted by molar-refractivity contribution is 5.50. The molecule has 0 aliphatic rings. The van der Waals surface area contributed by atoms with Gasteiger partial charge in [-0.2, -0.15) is 0 Å². The Bertz CT molecular complexity index is 398. The fourth-order valence-electron chi connectivity index (χ4n) is 2.06. The molecule has 1 rings (SSSR count). The van der Waals surface area contributed by atoms with Gasteiger partial charge in [-0.25, -0.2) is 0 Å². The van der Waals surface area contributed by atoms with Gasteiger partial charge < -0.3 is 10.8 Å². The molecule has 0 amide bonds. The number of hydrogen-bond donors (Lipinski definition) is 2. The lowest BCUT2D eigenvalue weighted by molar-refractivity contribution is 0.422. The van der Waals surface area contributed by atoms with Gasteiger partial charge >= 0.3 is 0 Å². The second-order valence-corrected chi connectivity index (χ2v) is 7.25. The van der Waals surface area contributed by atoms with Crippen molar-refractivity contribution in [2.24, 2.45) is 5.73 Å². The summed E-state index contributed by atoms with van der Waals surface area (Å²) in [6.45, 7) is 14.6. The number of nitrogens with two attached hydrogens (primary N) is 1. The van der Waals surface area contributed by atoms with Crippen LogP contribution in [0.4, 0.5) is 0 Å². The molecule has 0 spiro atoms. The Kier molecular flexibility index (Phi) is 3.83. The van der Waals surface area contributed by atoms with E-state index in [4.69, 9.17) is 5.73 Å². The van der Waals surface area contributed by atoms with Crippen LogP contribution in [-0.2, 0) is 10.8 Å². The van der Waals surface area contributed by atoms with E-state index in [0.717, 1.165) is 16.7 Å². The summed E-state index contributed by atoms with van der Waals surface area (Å²) in [5.41, 5.74) is 8.86. The summed E-state index contributed by atoms with van der Waals surface area (Å²) in [5, 5.41) is 10.5. The molecular weight excluding hydrogens is 222 g/mol. The van der Waals surface area contributed by atoms with Crippen molar-refractivity contribution < 1.29 is 5.11 Å². The first-order valence-electron chi connectivity index (χ1n) is 6.58. The number of hydrogen-bond acceptors (Lipinski definition) is 2. The van der Waals surface area contributed by atoms with Crippen LogP contribution in [-0.4, -0.2) is 5.11 Å². The minimum Gasteiger partial charge on any atom is -0.507 e. The van der Waals surface area contributed by atoms with E-state index in [1.807, 2.05) is 19.1 Å². The summed E-state index contributed by atoms with van der Waals surface area (Å²) in [6, 6.07) is 4.05. The molecule has 0 heterocycles. The highest BCUT2D eigenvalue weighted by Crippen LogP contribution is 2.40. The second-order valence-electron chi connectivity index (χ2n) is 7.25. The lowest BCUT2D eigenvalue weighted by Gasteiger charge is -2.28. The van der Waals surface area contributed by atoms with Crippen molar-refractivity contribution in [3.8, 4) is 5.75 Å². The average molecular weight is 249 g/mol. The van der Waals surface area contributed by atoms with Gasteiger partial charge in [-0.1, -0.05) is 53.7 Å². The van der Waals surface area contributed by atoms with Crippen LogP contribution < -0.4 is 5.73 Å². The van der Waals surface area contributed by atoms with Crippen molar-refractivity contribution in [1.82, 2.24) is 0 Å². The first-order valence-corrected chi connectivity index (χ1v) is 6.58. The zero-order chi connectivity index (χ0) is 14.3. The summed E-state index contributed by atoms with van der Waals surface area (Å²) in [6.07, 6.45) is 0. The van der Waals surface area contributed by atoms with E-state index >= 15 is 0 Å². The zero-order valence-electron chi connectivity index (χ0n) is 12.8. The fourth-order valence-corrected chi connectivity index (χ4v) is 2.06. The molecule has 0 saturated carbocycles. The van der Waals surface area contributed by atoms with E-state index < -0.39 is 0 Å².